The Balaban J connectivity index is 2.93. The van der Waals surface area contributed by atoms with Crippen LogP contribution in [0.2, 0.25) is 0 Å². The van der Waals surface area contributed by atoms with Crippen molar-refractivity contribution in [2.45, 2.75) is 35.9 Å². The number of alkyl halides is 12. The van der Waals surface area contributed by atoms with E-state index in [1.54, 1.807) is 0 Å². The van der Waals surface area contributed by atoms with Gasteiger partial charge in [-0.25, -0.2) is 0 Å². The van der Waals surface area contributed by atoms with Crippen molar-refractivity contribution in [3.8, 4) is 0 Å². The Bertz CT molecular complexity index is 1030. The van der Waals surface area contributed by atoms with Crippen LogP contribution in [0.4, 0.5) is 52.7 Å². The fraction of sp³-hybridized carbons (Fsp3) is 0.300. The molecule has 3 nitrogen and oxygen atoms in total. The zero-order valence-electron chi connectivity index (χ0n) is 17.2. The first kappa shape index (κ1) is 29.7. The molecule has 2 aromatic carbocycles. The number of hydrogen-bond donors (Lipinski definition) is 1. The highest BCUT2D eigenvalue weighted by Gasteiger charge is 2.75. The molecule has 0 amide bonds. The molecule has 16 heteroatoms. The van der Waals surface area contributed by atoms with Crippen molar-refractivity contribution in [2.24, 2.45) is 0 Å². The van der Waals surface area contributed by atoms with E-state index in [0.29, 0.717) is 0 Å². The van der Waals surface area contributed by atoms with Crippen molar-refractivity contribution in [3.63, 3.8) is 0 Å². The normalized spacial score (nSPS) is 14.9. The third-order valence-corrected chi connectivity index (χ3v) is 7.23. The van der Waals surface area contributed by atoms with E-state index in [9.17, 15) is 57.3 Å². The molecule has 0 saturated heterocycles. The summed E-state index contributed by atoms with van der Waals surface area (Å²) < 4.78 is 179. The molecule has 0 aromatic heterocycles. The smallest absolute Gasteiger partial charge is 0.370 e. The highest BCUT2D eigenvalue weighted by molar-refractivity contribution is 7.74. The molecule has 0 atom stereocenters. The average molecular weight is 560 g/mol. The monoisotopic (exact) mass is 560 g/mol. The number of halogens is 12. The van der Waals surface area contributed by atoms with Crippen molar-refractivity contribution >= 4 is 18.0 Å². The van der Waals surface area contributed by atoms with E-state index in [4.69, 9.17) is 5.11 Å². The SMILES string of the molecule is O=P(OC(/C=C/C(O)(C(F)(F)F)C(F)(F)F)(C(F)(F)F)C(F)(F)F)(c1ccccc1)c1ccccc1. The molecular formula is C20H13F12O3P. The van der Waals surface area contributed by atoms with Gasteiger partial charge in [0.05, 0.1) is 0 Å². The Morgan fingerprint density at radius 2 is 0.917 bits per heavy atom. The second kappa shape index (κ2) is 9.42. The molecule has 1 N–H and O–H groups in total. The van der Waals surface area contributed by atoms with Crippen LogP contribution in [0.5, 0.6) is 0 Å². The Kier molecular flexibility index (Phi) is 7.77. The van der Waals surface area contributed by atoms with Crippen LogP contribution in [0.25, 0.3) is 0 Å². The van der Waals surface area contributed by atoms with Crippen molar-refractivity contribution in [1.29, 1.82) is 0 Å². The third-order valence-electron chi connectivity index (χ3n) is 4.73. The maximum Gasteiger partial charge on any atom is 0.430 e. The molecule has 0 heterocycles. The fourth-order valence-corrected chi connectivity index (χ4v) is 5.09. The minimum Gasteiger partial charge on any atom is -0.370 e. The van der Waals surface area contributed by atoms with E-state index >= 15 is 0 Å². The molecule has 0 saturated carbocycles. The highest BCUT2D eigenvalue weighted by Crippen LogP contribution is 2.58. The van der Waals surface area contributed by atoms with Crippen LogP contribution in [0, 0.1) is 0 Å². The Hall–Kier alpha value is -2.51. The van der Waals surface area contributed by atoms with Gasteiger partial charge in [0.1, 0.15) is 0 Å². The number of hydrogen-bond acceptors (Lipinski definition) is 3. The molecule has 0 aliphatic heterocycles. The van der Waals surface area contributed by atoms with Crippen LogP contribution in [0.15, 0.2) is 72.8 Å². The second-order valence-electron chi connectivity index (χ2n) is 7.14. The number of benzene rings is 2. The van der Waals surface area contributed by atoms with E-state index in [2.05, 4.69) is 4.52 Å². The molecular weight excluding hydrogens is 547 g/mol. The van der Waals surface area contributed by atoms with Crippen molar-refractivity contribution in [1.82, 2.24) is 0 Å². The van der Waals surface area contributed by atoms with Gasteiger partial charge in [0, 0.05) is 10.6 Å². The van der Waals surface area contributed by atoms with Crippen LogP contribution in [-0.4, -0.2) is 41.0 Å². The number of aliphatic hydroxyl groups is 1. The first-order valence-corrected chi connectivity index (χ1v) is 10.9. The lowest BCUT2D eigenvalue weighted by Gasteiger charge is -2.38. The van der Waals surface area contributed by atoms with Gasteiger partial charge >= 0.3 is 24.7 Å². The first-order valence-electron chi connectivity index (χ1n) is 9.24. The molecule has 0 aliphatic carbocycles. The first-order chi connectivity index (χ1) is 16.1. The molecule has 0 aliphatic rings. The maximum absolute atomic E-state index is 13.9. The quantitative estimate of drug-likeness (QED) is 0.260. The summed E-state index contributed by atoms with van der Waals surface area (Å²) in [5.74, 6) is 0. The van der Waals surface area contributed by atoms with Gasteiger partial charge < -0.3 is 5.11 Å². The molecule has 2 aromatic rings. The van der Waals surface area contributed by atoms with Gasteiger partial charge in [0.2, 0.25) is 0 Å². The zero-order chi connectivity index (χ0) is 27.8. The summed E-state index contributed by atoms with van der Waals surface area (Å²) in [6, 6.07) is 9.77. The van der Waals surface area contributed by atoms with Gasteiger partial charge in [-0.2, -0.15) is 52.7 Å². The van der Waals surface area contributed by atoms with Crippen LogP contribution < -0.4 is 10.6 Å². The van der Waals surface area contributed by atoms with Gasteiger partial charge in [0.25, 0.3) is 18.6 Å². The highest BCUT2D eigenvalue weighted by atomic mass is 31.2. The zero-order valence-corrected chi connectivity index (χ0v) is 18.1. The lowest BCUT2D eigenvalue weighted by Crippen LogP contribution is -2.59. The Morgan fingerprint density at radius 1 is 0.583 bits per heavy atom. The van der Waals surface area contributed by atoms with Gasteiger partial charge in [-0.15, -0.1) is 0 Å². The largest absolute Gasteiger partial charge is 0.430 e. The summed E-state index contributed by atoms with van der Waals surface area (Å²) >= 11 is 0. The van der Waals surface area contributed by atoms with E-state index in [1.807, 2.05) is 0 Å². The summed E-state index contributed by atoms with van der Waals surface area (Å²) in [7, 11) is -5.54. The molecule has 0 fully saturated rings. The Labute approximate surface area is 194 Å². The van der Waals surface area contributed by atoms with Crippen LogP contribution >= 0.6 is 7.37 Å². The molecule has 0 radical (unpaired) electrons. The van der Waals surface area contributed by atoms with E-state index in [1.165, 1.54) is 12.1 Å². The number of rotatable bonds is 6. The molecule has 0 spiro atoms. The van der Waals surface area contributed by atoms with Crippen molar-refractivity contribution in [3.05, 3.63) is 72.8 Å². The summed E-state index contributed by atoms with van der Waals surface area (Å²) in [4.78, 5) is 0. The minimum atomic E-state index is -6.82. The topological polar surface area (TPSA) is 46.5 Å². The Morgan fingerprint density at radius 3 is 1.19 bits per heavy atom. The summed E-state index contributed by atoms with van der Waals surface area (Å²) in [6.07, 6.45) is -30.7. The third kappa shape index (κ3) is 5.28. The predicted octanol–water partition coefficient (Wildman–Crippen LogP) is 6.21. The second-order valence-corrected chi connectivity index (χ2v) is 9.46. The summed E-state index contributed by atoms with van der Waals surface area (Å²) in [6.45, 7) is 0. The van der Waals surface area contributed by atoms with Gasteiger partial charge in [-0.1, -0.05) is 36.4 Å². The molecule has 200 valence electrons. The van der Waals surface area contributed by atoms with E-state index < -0.39 is 66.0 Å². The molecule has 2 rings (SSSR count). The van der Waals surface area contributed by atoms with E-state index in [-0.39, 0.29) is 0 Å². The molecule has 0 unspecified atom stereocenters. The fourth-order valence-electron chi connectivity index (χ4n) is 2.78. The van der Waals surface area contributed by atoms with Crippen LogP contribution in [0.3, 0.4) is 0 Å². The predicted molar refractivity (Wildman–Crippen MR) is 102 cm³/mol. The van der Waals surface area contributed by atoms with Gasteiger partial charge in [0.15, 0.2) is 0 Å². The van der Waals surface area contributed by atoms with Crippen molar-refractivity contribution in [2.75, 3.05) is 0 Å². The molecule has 0 bridgehead atoms. The summed E-state index contributed by atoms with van der Waals surface area (Å²) in [5, 5.41) is 7.54. The van der Waals surface area contributed by atoms with Crippen LogP contribution in [0.1, 0.15) is 0 Å². The van der Waals surface area contributed by atoms with Crippen molar-refractivity contribution < 1.29 is 66.9 Å². The average Bonchev–Trinajstić information content (AvgIpc) is 2.74. The molecule has 36 heavy (non-hydrogen) atoms. The minimum absolute atomic E-state index is 0.788. The van der Waals surface area contributed by atoms with Gasteiger partial charge in [-0.05, 0) is 36.4 Å². The lowest BCUT2D eigenvalue weighted by molar-refractivity contribution is -0.352. The lowest BCUT2D eigenvalue weighted by atomic mass is 9.95. The maximum atomic E-state index is 13.9. The van der Waals surface area contributed by atoms with Gasteiger partial charge in [-0.3, -0.25) is 9.09 Å². The van der Waals surface area contributed by atoms with E-state index in [0.717, 1.165) is 48.5 Å². The standard InChI is InChI=1S/C20H13F12O3P/c21-17(22,23)15(33,18(24,25)26)11-12-16(19(27,28)29,20(30,31)32)35-36(34,13-7-3-1-4-8-13)14-9-5-2-6-10-14/h1-12,33H/b12-11+. The van der Waals surface area contributed by atoms with Crippen LogP contribution in [-0.2, 0) is 9.09 Å². The summed E-state index contributed by atoms with van der Waals surface area (Å²) in [5.41, 5.74) is -12.1.